The number of hydrogen-bond donors (Lipinski definition) is 1. The highest BCUT2D eigenvalue weighted by molar-refractivity contribution is 7.99. The molecular formula is C25H26Cl2N4O3S. The van der Waals surface area contributed by atoms with Crippen LogP contribution in [0.5, 0.6) is 5.75 Å². The van der Waals surface area contributed by atoms with Gasteiger partial charge in [-0.25, -0.2) is 9.48 Å². The lowest BCUT2D eigenvalue weighted by atomic mass is 9.95. The van der Waals surface area contributed by atoms with E-state index in [0.717, 1.165) is 23.3 Å². The van der Waals surface area contributed by atoms with Gasteiger partial charge in [-0.1, -0.05) is 66.2 Å². The number of rotatable bonds is 9. The highest BCUT2D eigenvalue weighted by Gasteiger charge is 2.36. The molecule has 4 rings (SSSR count). The highest BCUT2D eigenvalue weighted by Crippen LogP contribution is 2.40. The number of fused-ring (bicyclic) bond motifs is 1. The van der Waals surface area contributed by atoms with Gasteiger partial charge >= 0.3 is 5.97 Å². The van der Waals surface area contributed by atoms with Gasteiger partial charge in [-0.05, 0) is 38.5 Å². The first kappa shape index (κ1) is 25.4. The monoisotopic (exact) mass is 532 g/mol. The molecule has 3 aromatic rings. The largest absolute Gasteiger partial charge is 0.488 e. The van der Waals surface area contributed by atoms with E-state index in [1.54, 1.807) is 35.5 Å². The molecule has 0 amide bonds. The van der Waals surface area contributed by atoms with Crippen molar-refractivity contribution in [3.8, 4) is 5.75 Å². The maximum atomic E-state index is 13.1. The molecule has 0 spiro atoms. The zero-order valence-electron chi connectivity index (χ0n) is 19.7. The van der Waals surface area contributed by atoms with Crippen molar-refractivity contribution in [3.05, 3.63) is 74.9 Å². The molecule has 0 saturated carbocycles. The van der Waals surface area contributed by atoms with E-state index in [1.165, 1.54) is 0 Å². The number of thioether (sulfide) groups is 1. The number of esters is 1. The quantitative estimate of drug-likeness (QED) is 0.248. The number of nitrogens with zero attached hydrogens (tertiary/aromatic N) is 3. The number of hydrogen-bond acceptors (Lipinski definition) is 7. The van der Waals surface area contributed by atoms with Gasteiger partial charge in [0.2, 0.25) is 11.1 Å². The van der Waals surface area contributed by atoms with Crippen LogP contribution in [0.4, 0.5) is 5.95 Å². The topological polar surface area (TPSA) is 78.3 Å². The van der Waals surface area contributed by atoms with E-state index in [-0.39, 0.29) is 13.2 Å². The number of ether oxygens (including phenoxy) is 2. The molecule has 1 atom stereocenters. The summed E-state index contributed by atoms with van der Waals surface area (Å²) in [5, 5.41) is 9.67. The first-order valence-corrected chi connectivity index (χ1v) is 13.1. The fraction of sp³-hybridized carbons (Fsp3) is 0.320. The molecule has 0 radical (unpaired) electrons. The van der Waals surface area contributed by atoms with E-state index in [9.17, 15) is 4.79 Å². The molecule has 2 aromatic carbocycles. The summed E-state index contributed by atoms with van der Waals surface area (Å²) in [7, 11) is 0. The number of carbonyl (C=O) groups excluding carboxylic acids is 1. The van der Waals surface area contributed by atoms with Crippen molar-refractivity contribution in [1.82, 2.24) is 14.8 Å². The summed E-state index contributed by atoms with van der Waals surface area (Å²) in [5.41, 5.74) is 2.68. The second-order valence-electron chi connectivity index (χ2n) is 7.86. The molecule has 1 unspecified atom stereocenters. The Balaban J connectivity index is 1.75. The summed E-state index contributed by atoms with van der Waals surface area (Å²) in [4.78, 5) is 17.7. The van der Waals surface area contributed by atoms with Crippen LogP contribution >= 0.6 is 35.0 Å². The van der Waals surface area contributed by atoms with Gasteiger partial charge in [0.15, 0.2) is 0 Å². The van der Waals surface area contributed by atoms with Gasteiger partial charge in [0.05, 0.1) is 12.2 Å². The number of para-hydroxylation sites is 1. The third-order valence-electron chi connectivity index (χ3n) is 5.38. The molecule has 35 heavy (non-hydrogen) atoms. The molecule has 1 N–H and O–H groups in total. The second kappa shape index (κ2) is 11.4. The molecule has 1 aliphatic rings. The summed E-state index contributed by atoms with van der Waals surface area (Å²) in [6.45, 7) is 6.23. The zero-order chi connectivity index (χ0) is 24.9. The minimum absolute atomic E-state index is 0.233. The fourth-order valence-corrected chi connectivity index (χ4v) is 4.93. The van der Waals surface area contributed by atoms with Crippen LogP contribution in [-0.2, 0) is 16.1 Å². The third kappa shape index (κ3) is 5.60. The highest BCUT2D eigenvalue weighted by atomic mass is 35.5. The van der Waals surface area contributed by atoms with Crippen LogP contribution in [0.15, 0.2) is 58.9 Å². The Morgan fingerprint density at radius 1 is 1.20 bits per heavy atom. The average Bonchev–Trinajstić information content (AvgIpc) is 3.24. The molecule has 7 nitrogen and oxygen atoms in total. The summed E-state index contributed by atoms with van der Waals surface area (Å²) >= 11 is 14.0. The number of allylic oxidation sites excluding steroid dienone is 1. The van der Waals surface area contributed by atoms with Gasteiger partial charge < -0.3 is 14.8 Å². The molecule has 1 aromatic heterocycles. The Morgan fingerprint density at radius 3 is 2.74 bits per heavy atom. The van der Waals surface area contributed by atoms with Gasteiger partial charge in [-0.3, -0.25) is 0 Å². The lowest BCUT2D eigenvalue weighted by Gasteiger charge is -2.29. The molecular weight excluding hydrogens is 507 g/mol. The molecule has 2 heterocycles. The van der Waals surface area contributed by atoms with Gasteiger partial charge in [-0.15, -0.1) is 5.10 Å². The Labute approximate surface area is 218 Å². The molecule has 0 aliphatic carbocycles. The maximum Gasteiger partial charge on any atom is 0.338 e. The van der Waals surface area contributed by atoms with Crippen molar-refractivity contribution in [2.45, 2.75) is 45.0 Å². The smallest absolute Gasteiger partial charge is 0.338 e. The van der Waals surface area contributed by atoms with Crippen molar-refractivity contribution in [3.63, 3.8) is 0 Å². The number of aromatic nitrogens is 3. The lowest BCUT2D eigenvalue weighted by molar-refractivity contribution is -0.139. The van der Waals surface area contributed by atoms with Crippen LogP contribution in [-0.4, -0.2) is 33.1 Å². The molecule has 184 valence electrons. The van der Waals surface area contributed by atoms with Crippen molar-refractivity contribution >= 4 is 46.9 Å². The van der Waals surface area contributed by atoms with Crippen LogP contribution in [0.25, 0.3) is 0 Å². The van der Waals surface area contributed by atoms with E-state index < -0.39 is 12.0 Å². The Kier molecular flexibility index (Phi) is 8.26. The summed E-state index contributed by atoms with van der Waals surface area (Å²) in [5.74, 6) is 1.65. The van der Waals surface area contributed by atoms with Crippen LogP contribution < -0.4 is 10.1 Å². The summed E-state index contributed by atoms with van der Waals surface area (Å²) in [6, 6.07) is 12.3. The SMILES string of the molecule is CCCSc1nc2n(n1)C(c1ccccc1OCc1ccc(Cl)cc1Cl)C(C(=O)OCC)=C(C)N2. The van der Waals surface area contributed by atoms with Crippen LogP contribution in [0.3, 0.4) is 0 Å². The first-order chi connectivity index (χ1) is 16.9. The predicted molar refractivity (Wildman–Crippen MR) is 139 cm³/mol. The lowest BCUT2D eigenvalue weighted by Crippen LogP contribution is -2.30. The van der Waals surface area contributed by atoms with Crippen molar-refractivity contribution < 1.29 is 14.3 Å². The number of halogens is 2. The van der Waals surface area contributed by atoms with E-state index in [2.05, 4.69) is 17.2 Å². The Bertz CT molecular complexity index is 1260. The van der Waals surface area contributed by atoms with Gasteiger partial charge in [0.25, 0.3) is 0 Å². The molecule has 1 aliphatic heterocycles. The average molecular weight is 533 g/mol. The van der Waals surface area contributed by atoms with E-state index in [4.69, 9.17) is 37.8 Å². The summed E-state index contributed by atoms with van der Waals surface area (Å²) in [6.07, 6.45) is 1.00. The number of nitrogens with one attached hydrogen (secondary N) is 1. The van der Waals surface area contributed by atoms with Gasteiger partial charge in [0, 0.05) is 32.6 Å². The van der Waals surface area contributed by atoms with Gasteiger partial charge in [0.1, 0.15) is 18.4 Å². The molecule has 0 bridgehead atoms. The fourth-order valence-electron chi connectivity index (χ4n) is 3.78. The van der Waals surface area contributed by atoms with E-state index in [0.29, 0.717) is 38.2 Å². The second-order valence-corrected chi connectivity index (χ2v) is 9.77. The van der Waals surface area contributed by atoms with E-state index >= 15 is 0 Å². The maximum absolute atomic E-state index is 13.1. The number of benzene rings is 2. The number of carbonyl (C=O) groups is 1. The molecule has 0 fully saturated rings. The first-order valence-electron chi connectivity index (χ1n) is 11.3. The number of anilines is 1. The Morgan fingerprint density at radius 2 is 2.00 bits per heavy atom. The van der Waals surface area contributed by atoms with Crippen LogP contribution in [0.1, 0.15) is 44.4 Å². The Hall–Kier alpha value is -2.68. The minimum Gasteiger partial charge on any atom is -0.488 e. The van der Waals surface area contributed by atoms with Gasteiger partial charge in [-0.2, -0.15) is 4.98 Å². The normalized spacial score (nSPS) is 14.9. The minimum atomic E-state index is -0.578. The molecule has 10 heteroatoms. The van der Waals surface area contributed by atoms with E-state index in [1.807, 2.05) is 37.3 Å². The van der Waals surface area contributed by atoms with Crippen molar-refractivity contribution in [2.24, 2.45) is 0 Å². The standard InChI is InChI=1S/C25H26Cl2N4O3S/c1-4-12-35-25-29-24-28-15(3)21(23(32)33-5-2)22(31(24)30-25)18-8-6-7-9-20(18)34-14-16-10-11-17(26)13-19(16)27/h6-11,13,22H,4-5,12,14H2,1-3H3,(H,28,29,30). The van der Waals surface area contributed by atoms with Crippen LogP contribution in [0.2, 0.25) is 10.0 Å². The van der Waals surface area contributed by atoms with Crippen LogP contribution in [0, 0.1) is 0 Å². The predicted octanol–water partition coefficient (Wildman–Crippen LogP) is 6.52. The van der Waals surface area contributed by atoms with Crippen molar-refractivity contribution in [1.29, 1.82) is 0 Å². The van der Waals surface area contributed by atoms with Crippen molar-refractivity contribution in [2.75, 3.05) is 17.7 Å². The zero-order valence-corrected chi connectivity index (χ0v) is 22.0. The summed E-state index contributed by atoms with van der Waals surface area (Å²) < 4.78 is 13.4. The third-order valence-corrected chi connectivity index (χ3v) is 7.01. The molecule has 0 saturated heterocycles.